The van der Waals surface area contributed by atoms with Crippen LogP contribution in [0.15, 0.2) is 140 Å². The van der Waals surface area contributed by atoms with Gasteiger partial charge in [-0.2, -0.15) is 0 Å². The van der Waals surface area contributed by atoms with Gasteiger partial charge in [-0.3, -0.25) is 0 Å². The number of hydrogen-bond donors (Lipinski definition) is 0. The van der Waals surface area contributed by atoms with Crippen LogP contribution in [0.5, 0.6) is 0 Å². The number of allylic oxidation sites excluding steroid dienone is 5. The Morgan fingerprint density at radius 3 is 2.00 bits per heavy atom. The van der Waals surface area contributed by atoms with Crippen LogP contribution in [0.4, 0.5) is 0 Å². The third-order valence-electron chi connectivity index (χ3n) is 8.43. The summed E-state index contributed by atoms with van der Waals surface area (Å²) >= 11 is 0. The Kier molecular flexibility index (Phi) is 4.75. The highest BCUT2D eigenvalue weighted by molar-refractivity contribution is 6.08. The van der Waals surface area contributed by atoms with Crippen molar-refractivity contribution in [1.29, 1.82) is 0 Å². The minimum atomic E-state index is 0.304. The molecule has 2 atom stereocenters. The fourth-order valence-electron chi connectivity index (χ4n) is 6.64. The fraction of sp³-hybridized carbons (Fsp3) is 0.0526. The first-order chi connectivity index (χ1) is 18.8. The summed E-state index contributed by atoms with van der Waals surface area (Å²) in [6.45, 7) is 0. The second-order valence-electron chi connectivity index (χ2n) is 10.5. The summed E-state index contributed by atoms with van der Waals surface area (Å²) in [5.74, 6) is 0.613. The molecule has 0 saturated heterocycles. The van der Waals surface area contributed by atoms with Gasteiger partial charge in [0.25, 0.3) is 0 Å². The van der Waals surface area contributed by atoms with E-state index in [0.717, 1.165) is 0 Å². The van der Waals surface area contributed by atoms with Gasteiger partial charge in [0.1, 0.15) is 0 Å². The Balaban J connectivity index is 1.42. The molecule has 2 unspecified atom stereocenters. The normalized spacial score (nSPS) is 17.9. The predicted molar refractivity (Wildman–Crippen MR) is 163 cm³/mol. The average molecular weight is 483 g/mol. The highest BCUT2D eigenvalue weighted by Gasteiger charge is 2.32. The van der Waals surface area contributed by atoms with Gasteiger partial charge >= 0.3 is 0 Å². The van der Waals surface area contributed by atoms with Crippen molar-refractivity contribution < 1.29 is 0 Å². The summed E-state index contributed by atoms with van der Waals surface area (Å²) in [5.41, 5.74) is 8.11. The van der Waals surface area contributed by atoms with Gasteiger partial charge in [0.2, 0.25) is 0 Å². The third kappa shape index (κ3) is 3.24. The maximum atomic E-state index is 2.48. The molecule has 0 N–H and O–H groups in total. The number of rotatable bonds is 2. The average Bonchev–Trinajstić information content (AvgIpc) is 3.00. The highest BCUT2D eigenvalue weighted by Crippen LogP contribution is 2.50. The lowest BCUT2D eigenvalue weighted by atomic mass is 9.69. The Labute approximate surface area is 222 Å². The zero-order valence-electron chi connectivity index (χ0n) is 21.0. The molecule has 0 amide bonds. The van der Waals surface area contributed by atoms with Gasteiger partial charge in [-0.15, -0.1) is 0 Å². The first-order valence-corrected chi connectivity index (χ1v) is 13.4. The second kappa shape index (κ2) is 8.43. The quantitative estimate of drug-likeness (QED) is 0.230. The van der Waals surface area contributed by atoms with E-state index in [0.29, 0.717) is 11.8 Å². The van der Waals surface area contributed by atoms with Crippen LogP contribution in [0.1, 0.15) is 22.6 Å². The van der Waals surface area contributed by atoms with E-state index in [1.807, 2.05) is 0 Å². The molecule has 2 aliphatic rings. The van der Waals surface area contributed by atoms with Gasteiger partial charge in [-0.1, -0.05) is 127 Å². The lowest BCUT2D eigenvalue weighted by Crippen LogP contribution is -2.18. The molecule has 38 heavy (non-hydrogen) atoms. The van der Waals surface area contributed by atoms with Gasteiger partial charge < -0.3 is 0 Å². The van der Waals surface area contributed by atoms with Crippen molar-refractivity contribution in [2.24, 2.45) is 5.92 Å². The molecule has 6 aromatic rings. The van der Waals surface area contributed by atoms with Crippen LogP contribution in [-0.2, 0) is 0 Å². The maximum Gasteiger partial charge on any atom is 0.0131 e. The van der Waals surface area contributed by atoms with Gasteiger partial charge in [0, 0.05) is 11.8 Å². The minimum Gasteiger partial charge on any atom is -0.0761 e. The van der Waals surface area contributed by atoms with Crippen molar-refractivity contribution in [2.75, 3.05) is 0 Å². The van der Waals surface area contributed by atoms with Crippen LogP contribution in [0.25, 0.3) is 55.1 Å². The van der Waals surface area contributed by atoms with Crippen molar-refractivity contribution in [3.8, 4) is 11.1 Å². The van der Waals surface area contributed by atoms with E-state index in [-0.39, 0.29) is 0 Å². The van der Waals surface area contributed by atoms with Gasteiger partial charge in [-0.25, -0.2) is 0 Å². The molecule has 0 heterocycles. The van der Waals surface area contributed by atoms with E-state index < -0.39 is 0 Å². The fourth-order valence-corrected chi connectivity index (χ4v) is 6.64. The van der Waals surface area contributed by atoms with Crippen LogP contribution in [0, 0.1) is 5.92 Å². The monoisotopic (exact) mass is 482 g/mol. The smallest absolute Gasteiger partial charge is 0.0131 e. The number of fused-ring (bicyclic) bond motifs is 7. The molecule has 178 valence electrons. The molecule has 0 nitrogen and oxygen atoms in total. The summed E-state index contributed by atoms with van der Waals surface area (Å²) in [6, 6.07) is 42.4. The molecule has 0 spiro atoms. The topological polar surface area (TPSA) is 0 Å². The summed E-state index contributed by atoms with van der Waals surface area (Å²) in [5, 5.41) is 7.81. The predicted octanol–water partition coefficient (Wildman–Crippen LogP) is 10.2. The van der Waals surface area contributed by atoms with Crippen molar-refractivity contribution in [1.82, 2.24) is 0 Å². The first kappa shape index (κ1) is 21.4. The molecule has 0 saturated carbocycles. The number of benzene rings is 6. The third-order valence-corrected chi connectivity index (χ3v) is 8.43. The summed E-state index contributed by atoms with van der Waals surface area (Å²) in [7, 11) is 0. The van der Waals surface area contributed by atoms with Crippen LogP contribution in [-0.4, -0.2) is 0 Å². The molecule has 0 heteroatoms. The van der Waals surface area contributed by atoms with E-state index in [9.17, 15) is 0 Å². The molecule has 0 fully saturated rings. The summed E-state index contributed by atoms with van der Waals surface area (Å²) in [6.07, 6.45) is 11.7. The molecule has 0 bridgehead atoms. The zero-order valence-corrected chi connectivity index (χ0v) is 21.0. The Bertz CT molecular complexity index is 1980. The van der Waals surface area contributed by atoms with Crippen molar-refractivity contribution >= 4 is 44.0 Å². The molecular formula is C38H26. The van der Waals surface area contributed by atoms with E-state index in [1.54, 1.807) is 0 Å². The van der Waals surface area contributed by atoms with E-state index in [1.165, 1.54) is 65.7 Å². The molecular weight excluding hydrogens is 456 g/mol. The van der Waals surface area contributed by atoms with E-state index in [2.05, 4.69) is 146 Å². The molecule has 0 aliphatic heterocycles. The Hall–Kier alpha value is -4.68. The standard InChI is InChI=1S/C38H26/c1-2-12-27-22-28(21-20-25(27)10-1)35-23-37-34-18-8-7-17-33(34)36(24-38(37)32-16-6-5-15-31(32)35)30-19-9-13-26-11-3-4-14-29(26)30/h1-24,33-34H. The van der Waals surface area contributed by atoms with Crippen LogP contribution < -0.4 is 0 Å². The summed E-state index contributed by atoms with van der Waals surface area (Å²) in [4.78, 5) is 0. The van der Waals surface area contributed by atoms with E-state index in [4.69, 9.17) is 0 Å². The first-order valence-electron chi connectivity index (χ1n) is 13.4. The Morgan fingerprint density at radius 2 is 1.13 bits per heavy atom. The summed E-state index contributed by atoms with van der Waals surface area (Å²) < 4.78 is 0. The minimum absolute atomic E-state index is 0.304. The molecule has 6 aromatic carbocycles. The lowest BCUT2D eigenvalue weighted by Gasteiger charge is -2.34. The van der Waals surface area contributed by atoms with Gasteiger partial charge in [0.15, 0.2) is 0 Å². The molecule has 8 rings (SSSR count). The largest absolute Gasteiger partial charge is 0.0761 e. The molecule has 0 aromatic heterocycles. The second-order valence-corrected chi connectivity index (χ2v) is 10.5. The van der Waals surface area contributed by atoms with Crippen LogP contribution in [0.2, 0.25) is 0 Å². The lowest BCUT2D eigenvalue weighted by molar-refractivity contribution is 0.711. The van der Waals surface area contributed by atoms with Gasteiger partial charge in [-0.05, 0) is 83.9 Å². The zero-order chi connectivity index (χ0) is 25.1. The van der Waals surface area contributed by atoms with E-state index >= 15 is 0 Å². The maximum absolute atomic E-state index is 2.48. The SMILES string of the molecule is C1=CC2C(c3cccc4ccccc34)=Cc3c(cc(-c4ccc5ccccc5c4)c4ccccc34)C2C=C1. The molecule has 0 radical (unpaired) electrons. The van der Waals surface area contributed by atoms with Crippen LogP contribution in [0.3, 0.4) is 0 Å². The Morgan fingerprint density at radius 1 is 0.447 bits per heavy atom. The highest BCUT2D eigenvalue weighted by atomic mass is 14.4. The van der Waals surface area contributed by atoms with Crippen LogP contribution >= 0.6 is 0 Å². The molecule has 2 aliphatic carbocycles. The van der Waals surface area contributed by atoms with Crippen molar-refractivity contribution in [3.63, 3.8) is 0 Å². The van der Waals surface area contributed by atoms with Crippen molar-refractivity contribution in [2.45, 2.75) is 5.92 Å². The van der Waals surface area contributed by atoms with Gasteiger partial charge in [0.05, 0.1) is 0 Å². The number of hydrogen-bond acceptors (Lipinski definition) is 0. The van der Waals surface area contributed by atoms with Crippen molar-refractivity contribution in [3.05, 3.63) is 156 Å².